The van der Waals surface area contributed by atoms with E-state index in [0.717, 1.165) is 0 Å². The first-order valence-corrected chi connectivity index (χ1v) is 7.11. The molecule has 18 heavy (non-hydrogen) atoms. The molecule has 0 spiro atoms. The van der Waals surface area contributed by atoms with Gasteiger partial charge in [-0.25, -0.2) is 0 Å². The molecule has 0 bridgehead atoms. The van der Waals surface area contributed by atoms with Gasteiger partial charge in [0.1, 0.15) is 0 Å². The molecule has 94 valence electrons. The lowest BCUT2D eigenvalue weighted by Crippen LogP contribution is -2.18. The van der Waals surface area contributed by atoms with Crippen LogP contribution in [0.1, 0.15) is 50.3 Å². The highest BCUT2D eigenvalue weighted by molar-refractivity contribution is 5.89. The Morgan fingerprint density at radius 1 is 0.944 bits per heavy atom. The van der Waals surface area contributed by atoms with E-state index in [-0.39, 0.29) is 5.41 Å². The Morgan fingerprint density at radius 2 is 1.67 bits per heavy atom. The summed E-state index contributed by atoms with van der Waals surface area (Å²) in [5.41, 5.74) is 5.08. The molecule has 2 aromatic carbocycles. The normalized spacial score (nSPS) is 15.7. The number of rotatable bonds is 0. The summed E-state index contributed by atoms with van der Waals surface area (Å²) in [4.78, 5) is 0. The van der Waals surface area contributed by atoms with E-state index in [0.29, 0.717) is 0 Å². The first-order chi connectivity index (χ1) is 8.57. The first kappa shape index (κ1) is 11.8. The maximum absolute atomic E-state index is 2.43. The van der Waals surface area contributed by atoms with Crippen LogP contribution in [0.3, 0.4) is 0 Å². The van der Waals surface area contributed by atoms with Crippen LogP contribution in [0.5, 0.6) is 0 Å². The van der Waals surface area contributed by atoms with Gasteiger partial charge in [-0.05, 0) is 58.6 Å². The fraction of sp³-hybridized carbons (Fsp3) is 0.444. The molecule has 0 heterocycles. The molecule has 0 nitrogen and oxygen atoms in total. The summed E-state index contributed by atoms with van der Waals surface area (Å²) in [5.74, 6) is 0. The Hall–Kier alpha value is -1.30. The van der Waals surface area contributed by atoms with Gasteiger partial charge in [0.25, 0.3) is 0 Å². The van der Waals surface area contributed by atoms with E-state index in [4.69, 9.17) is 0 Å². The van der Waals surface area contributed by atoms with Crippen molar-refractivity contribution in [3.05, 3.63) is 47.0 Å². The molecular weight excluding hydrogens is 216 g/mol. The second-order valence-electron chi connectivity index (χ2n) is 6.57. The van der Waals surface area contributed by atoms with E-state index in [1.807, 2.05) is 0 Å². The van der Waals surface area contributed by atoms with Crippen molar-refractivity contribution in [3.8, 4) is 0 Å². The molecule has 0 radical (unpaired) electrons. The third-order valence-corrected chi connectivity index (χ3v) is 4.12. The van der Waals surface area contributed by atoms with Crippen molar-refractivity contribution in [1.82, 2.24) is 0 Å². The summed E-state index contributed by atoms with van der Waals surface area (Å²) >= 11 is 0. The van der Waals surface area contributed by atoms with E-state index < -0.39 is 0 Å². The highest BCUT2D eigenvalue weighted by Gasteiger charge is 2.24. The molecule has 0 amide bonds. The van der Waals surface area contributed by atoms with Gasteiger partial charge >= 0.3 is 0 Å². The average Bonchev–Trinajstić information content (AvgIpc) is 2.34. The quantitative estimate of drug-likeness (QED) is 0.605. The first-order valence-electron chi connectivity index (χ1n) is 7.11. The lowest BCUT2D eigenvalue weighted by atomic mass is 9.75. The lowest BCUT2D eigenvalue weighted by molar-refractivity contribution is 0.574. The highest BCUT2D eigenvalue weighted by atomic mass is 14.3. The molecule has 0 unspecified atom stereocenters. The van der Waals surface area contributed by atoms with Crippen molar-refractivity contribution in [3.63, 3.8) is 0 Å². The third kappa shape index (κ3) is 1.84. The zero-order chi connectivity index (χ0) is 12.8. The van der Waals surface area contributed by atoms with Crippen LogP contribution in [-0.2, 0) is 18.3 Å². The molecule has 0 aromatic heterocycles. The van der Waals surface area contributed by atoms with Crippen LogP contribution in [-0.4, -0.2) is 0 Å². The number of hydrogen-bond acceptors (Lipinski definition) is 0. The molecular formula is C18H22. The molecule has 1 aliphatic rings. The van der Waals surface area contributed by atoms with Gasteiger partial charge in [-0.3, -0.25) is 0 Å². The van der Waals surface area contributed by atoms with Crippen molar-refractivity contribution in [2.75, 3.05) is 0 Å². The van der Waals surface area contributed by atoms with Crippen LogP contribution in [0, 0.1) is 0 Å². The summed E-state index contributed by atoms with van der Waals surface area (Å²) in [6.45, 7) is 7.05. The minimum Gasteiger partial charge on any atom is -0.0616 e. The Bertz CT molecular complexity index is 585. The van der Waals surface area contributed by atoms with Gasteiger partial charge < -0.3 is 0 Å². The van der Waals surface area contributed by atoms with Gasteiger partial charge in [0, 0.05) is 0 Å². The van der Waals surface area contributed by atoms with Crippen LogP contribution >= 0.6 is 0 Å². The van der Waals surface area contributed by atoms with Gasteiger partial charge in [-0.1, -0.05) is 51.1 Å². The van der Waals surface area contributed by atoms with Crippen molar-refractivity contribution in [2.24, 2.45) is 0 Å². The fourth-order valence-electron chi connectivity index (χ4n) is 3.43. The second kappa shape index (κ2) is 4.12. The minimum atomic E-state index is 0.238. The number of hydrogen-bond donors (Lipinski definition) is 0. The van der Waals surface area contributed by atoms with E-state index in [9.17, 15) is 0 Å². The van der Waals surface area contributed by atoms with Crippen molar-refractivity contribution < 1.29 is 0 Å². The number of fused-ring (bicyclic) bond motifs is 2. The Labute approximate surface area is 110 Å². The van der Waals surface area contributed by atoms with E-state index >= 15 is 0 Å². The van der Waals surface area contributed by atoms with Crippen LogP contribution in [0.4, 0.5) is 0 Å². The van der Waals surface area contributed by atoms with E-state index in [2.05, 4.69) is 51.1 Å². The zero-order valence-corrected chi connectivity index (χ0v) is 11.7. The molecule has 0 saturated heterocycles. The maximum atomic E-state index is 2.43. The van der Waals surface area contributed by atoms with Gasteiger partial charge in [0.15, 0.2) is 0 Å². The SMILES string of the molecule is CC(C)(C)c1c2c(cc3ccccc13)CCCC2. The molecule has 0 N–H and O–H groups in total. The van der Waals surface area contributed by atoms with Crippen molar-refractivity contribution in [1.29, 1.82) is 0 Å². The Morgan fingerprint density at radius 3 is 2.44 bits per heavy atom. The molecule has 0 heteroatoms. The van der Waals surface area contributed by atoms with Crippen LogP contribution in [0.25, 0.3) is 10.8 Å². The maximum Gasteiger partial charge on any atom is -0.0123 e. The largest absolute Gasteiger partial charge is 0.0616 e. The number of benzene rings is 2. The summed E-state index contributed by atoms with van der Waals surface area (Å²) in [7, 11) is 0. The monoisotopic (exact) mass is 238 g/mol. The Kier molecular flexibility index (Phi) is 2.69. The highest BCUT2D eigenvalue weighted by Crippen LogP contribution is 2.38. The molecule has 0 fully saturated rings. The molecule has 0 aliphatic heterocycles. The Balaban J connectivity index is 2.40. The van der Waals surface area contributed by atoms with E-state index in [1.165, 1.54) is 36.5 Å². The molecule has 3 rings (SSSR count). The topological polar surface area (TPSA) is 0 Å². The van der Waals surface area contributed by atoms with E-state index in [1.54, 1.807) is 16.7 Å². The van der Waals surface area contributed by atoms with Gasteiger partial charge in [-0.15, -0.1) is 0 Å². The smallest absolute Gasteiger partial charge is 0.0123 e. The summed E-state index contributed by atoms with van der Waals surface area (Å²) < 4.78 is 0. The molecule has 2 aromatic rings. The molecule has 1 aliphatic carbocycles. The predicted octanol–water partition coefficient (Wildman–Crippen LogP) is 5.02. The zero-order valence-electron chi connectivity index (χ0n) is 11.7. The second-order valence-corrected chi connectivity index (χ2v) is 6.57. The molecule has 0 saturated carbocycles. The van der Waals surface area contributed by atoms with Crippen LogP contribution in [0.2, 0.25) is 0 Å². The lowest BCUT2D eigenvalue weighted by Gasteiger charge is -2.29. The summed E-state index contributed by atoms with van der Waals surface area (Å²) in [5, 5.41) is 2.88. The van der Waals surface area contributed by atoms with Crippen molar-refractivity contribution >= 4 is 10.8 Å². The summed E-state index contributed by atoms with van der Waals surface area (Å²) in [6, 6.07) is 11.3. The van der Waals surface area contributed by atoms with Gasteiger partial charge in [0.05, 0.1) is 0 Å². The van der Waals surface area contributed by atoms with Crippen LogP contribution in [0.15, 0.2) is 30.3 Å². The molecule has 0 atom stereocenters. The fourth-order valence-corrected chi connectivity index (χ4v) is 3.43. The van der Waals surface area contributed by atoms with Gasteiger partial charge in [-0.2, -0.15) is 0 Å². The standard InChI is InChI=1S/C18H22/c1-18(2,3)17-15-10-6-4-8-13(15)12-14-9-5-7-11-16(14)17/h4,6,8,10,12H,5,7,9,11H2,1-3H3. The number of aryl methyl sites for hydroxylation is 1. The predicted molar refractivity (Wildman–Crippen MR) is 79.3 cm³/mol. The minimum absolute atomic E-state index is 0.238. The van der Waals surface area contributed by atoms with Crippen molar-refractivity contribution in [2.45, 2.75) is 51.9 Å². The average molecular weight is 238 g/mol. The third-order valence-electron chi connectivity index (χ3n) is 4.12. The summed E-state index contributed by atoms with van der Waals surface area (Å²) in [6.07, 6.45) is 5.25. The van der Waals surface area contributed by atoms with Crippen LogP contribution < -0.4 is 0 Å². The van der Waals surface area contributed by atoms with Gasteiger partial charge in [0.2, 0.25) is 0 Å².